The molecule has 2 amide bonds. The summed E-state index contributed by atoms with van der Waals surface area (Å²) in [4.78, 5) is 25.2. The highest BCUT2D eigenvalue weighted by molar-refractivity contribution is 7.89. The van der Waals surface area contributed by atoms with E-state index in [0.29, 0.717) is 17.8 Å². The van der Waals surface area contributed by atoms with Crippen LogP contribution in [-0.2, 0) is 10.0 Å². The average molecular weight is 472 g/mol. The Kier molecular flexibility index (Phi) is 6.71. The number of nitrogens with zero attached hydrogens (tertiary/aromatic N) is 1. The number of benzene rings is 2. The van der Waals surface area contributed by atoms with Crippen LogP contribution in [0.4, 0.5) is 5.69 Å². The van der Waals surface area contributed by atoms with Crippen LogP contribution in [-0.4, -0.2) is 50.3 Å². The second-order valence-electron chi connectivity index (χ2n) is 8.61. The molecule has 1 saturated carbocycles. The van der Waals surface area contributed by atoms with Gasteiger partial charge in [-0.15, -0.1) is 0 Å². The van der Waals surface area contributed by atoms with Crippen molar-refractivity contribution in [3.8, 4) is 5.75 Å². The molecule has 1 aliphatic heterocycles. The van der Waals surface area contributed by atoms with Crippen molar-refractivity contribution in [1.29, 1.82) is 0 Å². The first-order chi connectivity index (χ1) is 15.8. The summed E-state index contributed by atoms with van der Waals surface area (Å²) in [5.74, 6) is -0.453. The Morgan fingerprint density at radius 2 is 1.76 bits per heavy atom. The monoisotopic (exact) mass is 471 g/mol. The Morgan fingerprint density at radius 1 is 1.00 bits per heavy atom. The molecular weight excluding hydrogens is 442 g/mol. The van der Waals surface area contributed by atoms with E-state index in [1.165, 1.54) is 29.6 Å². The van der Waals surface area contributed by atoms with E-state index in [-0.39, 0.29) is 34.2 Å². The molecule has 2 N–H and O–H groups in total. The fourth-order valence-corrected chi connectivity index (χ4v) is 5.90. The third-order valence-electron chi connectivity index (χ3n) is 6.05. The first kappa shape index (κ1) is 23.3. The van der Waals surface area contributed by atoms with Crippen molar-refractivity contribution in [2.24, 2.45) is 0 Å². The fourth-order valence-electron chi connectivity index (χ4n) is 4.01. The molecule has 0 spiro atoms. The van der Waals surface area contributed by atoms with Crippen LogP contribution >= 0.6 is 0 Å². The second-order valence-corrected chi connectivity index (χ2v) is 10.5. The van der Waals surface area contributed by atoms with Gasteiger partial charge >= 0.3 is 0 Å². The van der Waals surface area contributed by atoms with Gasteiger partial charge in [0.25, 0.3) is 11.8 Å². The van der Waals surface area contributed by atoms with Crippen molar-refractivity contribution in [1.82, 2.24) is 9.62 Å². The summed E-state index contributed by atoms with van der Waals surface area (Å²) in [5.41, 5.74) is 1.09. The molecule has 33 heavy (non-hydrogen) atoms. The number of piperidine rings is 1. The van der Waals surface area contributed by atoms with Gasteiger partial charge in [-0.1, -0.05) is 12.5 Å². The van der Waals surface area contributed by atoms with Gasteiger partial charge in [0, 0.05) is 35.4 Å². The van der Waals surface area contributed by atoms with E-state index in [9.17, 15) is 18.0 Å². The summed E-state index contributed by atoms with van der Waals surface area (Å²) >= 11 is 0. The number of hydrogen-bond acceptors (Lipinski definition) is 5. The Hall–Kier alpha value is -2.91. The van der Waals surface area contributed by atoms with E-state index >= 15 is 0 Å². The Balaban J connectivity index is 1.57. The molecule has 9 heteroatoms. The predicted octanol–water partition coefficient (Wildman–Crippen LogP) is 3.40. The van der Waals surface area contributed by atoms with Gasteiger partial charge in [-0.25, -0.2) is 8.42 Å². The maximum atomic E-state index is 13.4. The third kappa shape index (κ3) is 5.20. The second kappa shape index (κ2) is 9.52. The summed E-state index contributed by atoms with van der Waals surface area (Å²) in [7, 11) is -2.42. The van der Waals surface area contributed by atoms with Gasteiger partial charge in [0.05, 0.1) is 7.11 Å². The van der Waals surface area contributed by atoms with Crippen molar-refractivity contribution < 1.29 is 22.7 Å². The molecule has 1 atom stereocenters. The van der Waals surface area contributed by atoms with Crippen LogP contribution in [0.2, 0.25) is 0 Å². The van der Waals surface area contributed by atoms with Crippen LogP contribution in [0.25, 0.3) is 0 Å². The molecule has 176 valence electrons. The minimum absolute atomic E-state index is 0.0241. The number of rotatable bonds is 7. The maximum absolute atomic E-state index is 13.4. The number of ether oxygens (including phenoxy) is 1. The highest BCUT2D eigenvalue weighted by Crippen LogP contribution is 2.32. The van der Waals surface area contributed by atoms with Gasteiger partial charge in [-0.3, -0.25) is 9.59 Å². The Morgan fingerprint density at radius 3 is 2.45 bits per heavy atom. The van der Waals surface area contributed by atoms with Crippen LogP contribution in [0.3, 0.4) is 0 Å². The summed E-state index contributed by atoms with van der Waals surface area (Å²) in [6, 6.07) is 11.2. The van der Waals surface area contributed by atoms with Gasteiger partial charge in [0.2, 0.25) is 10.0 Å². The molecule has 2 aromatic rings. The van der Waals surface area contributed by atoms with Gasteiger partial charge in [-0.05, 0) is 69.0 Å². The Labute approximate surface area is 194 Å². The first-order valence-corrected chi connectivity index (χ1v) is 12.7. The molecular formula is C24H29N3O5S. The lowest BCUT2D eigenvalue weighted by Crippen LogP contribution is -2.42. The number of carbonyl (C=O) groups excluding carboxylic acids is 2. The topological polar surface area (TPSA) is 105 Å². The van der Waals surface area contributed by atoms with Crippen molar-refractivity contribution in [3.63, 3.8) is 0 Å². The number of amides is 2. The van der Waals surface area contributed by atoms with Crippen molar-refractivity contribution in [2.75, 3.05) is 19.0 Å². The zero-order valence-electron chi connectivity index (χ0n) is 18.8. The largest absolute Gasteiger partial charge is 0.495 e. The lowest BCUT2D eigenvalue weighted by molar-refractivity contribution is 0.0949. The zero-order valence-corrected chi connectivity index (χ0v) is 19.7. The molecule has 0 aromatic heterocycles. The van der Waals surface area contributed by atoms with E-state index in [4.69, 9.17) is 4.74 Å². The highest BCUT2D eigenvalue weighted by Gasteiger charge is 2.33. The number of methoxy groups -OCH3 is 1. The van der Waals surface area contributed by atoms with Crippen molar-refractivity contribution in [2.45, 2.75) is 56.0 Å². The van der Waals surface area contributed by atoms with E-state index in [2.05, 4.69) is 10.6 Å². The summed E-state index contributed by atoms with van der Waals surface area (Å²) < 4.78 is 33.6. The third-order valence-corrected chi connectivity index (χ3v) is 8.08. The molecule has 0 unspecified atom stereocenters. The van der Waals surface area contributed by atoms with Gasteiger partial charge in [0.1, 0.15) is 10.6 Å². The molecule has 1 saturated heterocycles. The molecule has 0 bridgehead atoms. The van der Waals surface area contributed by atoms with E-state index in [1.807, 2.05) is 6.92 Å². The number of anilines is 1. The quantitative estimate of drug-likeness (QED) is 0.644. The molecule has 8 nitrogen and oxygen atoms in total. The van der Waals surface area contributed by atoms with Crippen LogP contribution in [0.1, 0.15) is 59.7 Å². The van der Waals surface area contributed by atoms with Crippen LogP contribution < -0.4 is 15.4 Å². The fraction of sp³-hybridized carbons (Fsp3) is 0.417. The molecule has 4 rings (SSSR count). The minimum atomic E-state index is -3.83. The lowest BCUT2D eigenvalue weighted by Gasteiger charge is -2.32. The summed E-state index contributed by atoms with van der Waals surface area (Å²) in [5, 5.41) is 5.68. The SMILES string of the molecule is COc1ccc(C(=O)Nc2cccc(C(=O)NC3CC3)c2)cc1S(=O)(=O)N1CCCC[C@H]1C. The van der Waals surface area contributed by atoms with Crippen molar-refractivity contribution in [3.05, 3.63) is 53.6 Å². The zero-order chi connectivity index (χ0) is 23.6. The standard InChI is InChI=1S/C24H29N3O5S/c1-16-6-3-4-13-27(16)33(30,31)22-15-18(9-12-21(22)32-2)24(29)26-20-8-5-7-17(14-20)23(28)25-19-10-11-19/h5,7-9,12,14-16,19H,3-4,6,10-11,13H2,1-2H3,(H,25,28)(H,26,29)/t16-/m1/s1. The number of carbonyl (C=O) groups is 2. The summed E-state index contributed by atoms with van der Waals surface area (Å²) in [6.07, 6.45) is 4.57. The first-order valence-electron chi connectivity index (χ1n) is 11.2. The maximum Gasteiger partial charge on any atom is 0.255 e. The minimum Gasteiger partial charge on any atom is -0.495 e. The summed E-state index contributed by atoms with van der Waals surface area (Å²) in [6.45, 7) is 2.34. The van der Waals surface area contributed by atoms with Crippen LogP contribution in [0.5, 0.6) is 5.75 Å². The number of hydrogen-bond donors (Lipinski definition) is 2. The van der Waals surface area contributed by atoms with Crippen LogP contribution in [0.15, 0.2) is 47.4 Å². The molecule has 1 heterocycles. The Bertz CT molecular complexity index is 1160. The molecule has 1 aliphatic carbocycles. The van der Waals surface area contributed by atoms with Crippen LogP contribution in [0, 0.1) is 0 Å². The average Bonchev–Trinajstić information content (AvgIpc) is 3.63. The smallest absolute Gasteiger partial charge is 0.255 e. The van der Waals surface area contributed by atoms with E-state index in [0.717, 1.165) is 32.1 Å². The normalized spacial score (nSPS) is 19.0. The lowest BCUT2D eigenvalue weighted by atomic mass is 10.1. The van der Waals surface area contributed by atoms with Crippen molar-refractivity contribution >= 4 is 27.5 Å². The van der Waals surface area contributed by atoms with E-state index in [1.54, 1.807) is 24.3 Å². The van der Waals surface area contributed by atoms with Gasteiger partial charge in [-0.2, -0.15) is 4.31 Å². The van der Waals surface area contributed by atoms with E-state index < -0.39 is 15.9 Å². The molecule has 0 radical (unpaired) electrons. The predicted molar refractivity (Wildman–Crippen MR) is 125 cm³/mol. The number of sulfonamides is 1. The number of nitrogens with one attached hydrogen (secondary N) is 2. The van der Waals surface area contributed by atoms with Gasteiger partial charge in [0.15, 0.2) is 0 Å². The molecule has 2 aromatic carbocycles. The molecule has 2 fully saturated rings. The molecule has 2 aliphatic rings. The highest BCUT2D eigenvalue weighted by atomic mass is 32.2. The van der Waals surface area contributed by atoms with Gasteiger partial charge < -0.3 is 15.4 Å².